The van der Waals surface area contributed by atoms with Crippen molar-refractivity contribution in [2.45, 2.75) is 209 Å². The summed E-state index contributed by atoms with van der Waals surface area (Å²) in [6.07, 6.45) is 8.36. The van der Waals surface area contributed by atoms with E-state index in [0.717, 1.165) is 44.3 Å². The van der Waals surface area contributed by atoms with Crippen molar-refractivity contribution in [3.8, 4) is 0 Å². The first-order valence-electron chi connectivity index (χ1n) is 22.1. The van der Waals surface area contributed by atoms with Gasteiger partial charge in [-0.25, -0.2) is 4.79 Å². The maximum atomic E-state index is 11.6. The summed E-state index contributed by atoms with van der Waals surface area (Å²) in [7, 11) is 0. The quantitative estimate of drug-likeness (QED) is 0.176. The average molecular weight is 819 g/mol. The lowest BCUT2D eigenvalue weighted by molar-refractivity contribution is -0.334. The zero-order valence-electron chi connectivity index (χ0n) is 35.4. The van der Waals surface area contributed by atoms with Crippen LogP contribution in [0.2, 0.25) is 0 Å². The molecule has 3 spiro atoms. The molecule has 7 rings (SSSR count). The molecule has 7 aliphatic rings. The highest BCUT2D eigenvalue weighted by Crippen LogP contribution is 2.48. The maximum Gasteiger partial charge on any atom is 0.335 e. The van der Waals surface area contributed by atoms with E-state index < -0.39 is 71.7 Å². The summed E-state index contributed by atoms with van der Waals surface area (Å²) in [6.45, 7) is 16.7. The van der Waals surface area contributed by atoms with E-state index >= 15 is 0 Å². The Kier molecular flexibility index (Phi) is 13.1. The lowest BCUT2D eigenvalue weighted by atomic mass is 9.78. The number of aliphatic carboxylic acids is 1. The minimum atomic E-state index is -1.96. The lowest BCUT2D eigenvalue weighted by Gasteiger charge is -2.51. The maximum absolute atomic E-state index is 11.6. The second kappa shape index (κ2) is 17.2. The summed E-state index contributed by atoms with van der Waals surface area (Å²) in [5, 5.41) is 54.1. The van der Waals surface area contributed by atoms with Crippen molar-refractivity contribution in [3.63, 3.8) is 0 Å². The Bertz CT molecular complexity index is 1550. The molecular weight excluding hydrogens is 748 g/mol. The van der Waals surface area contributed by atoms with E-state index in [0.29, 0.717) is 62.4 Å². The van der Waals surface area contributed by atoms with Crippen LogP contribution in [0, 0.1) is 23.7 Å². The Morgan fingerprint density at radius 1 is 1.02 bits per heavy atom. The smallest absolute Gasteiger partial charge is 0.335 e. The first-order chi connectivity index (χ1) is 27.3. The number of fused-ring (bicyclic) bond motifs is 1. The predicted octanol–water partition coefficient (Wildman–Crippen LogP) is 5.46. The first-order valence-corrected chi connectivity index (χ1v) is 22.1. The van der Waals surface area contributed by atoms with Crippen LogP contribution in [0.25, 0.3) is 0 Å². The molecule has 0 aromatic carbocycles. The van der Waals surface area contributed by atoms with Crippen LogP contribution in [0.1, 0.15) is 125 Å². The highest BCUT2D eigenvalue weighted by atomic mass is 16.7. The molecule has 7 heterocycles. The number of ether oxygens (including phenoxy) is 7. The second-order valence-corrected chi connectivity index (χ2v) is 19.4. The molecule has 2 unspecified atom stereocenters. The molecule has 58 heavy (non-hydrogen) atoms. The third-order valence-electron chi connectivity index (χ3n) is 14.5. The normalized spacial score (nSPS) is 46.1. The third kappa shape index (κ3) is 8.93. The lowest BCUT2D eigenvalue weighted by Crippen LogP contribution is -2.60. The van der Waals surface area contributed by atoms with E-state index in [-0.39, 0.29) is 36.6 Å². The monoisotopic (exact) mass is 818 g/mol. The topological polar surface area (TPSA) is 183 Å². The number of carboxylic acid groups (broad SMARTS) is 1. The van der Waals surface area contributed by atoms with Gasteiger partial charge < -0.3 is 58.7 Å². The molecule has 13 nitrogen and oxygen atoms in total. The van der Waals surface area contributed by atoms with Gasteiger partial charge in [-0.05, 0) is 95.1 Å². The van der Waals surface area contributed by atoms with Crippen molar-refractivity contribution in [2.24, 2.45) is 23.7 Å². The standard InChI is InChI=1S/C45H70O13/c1-25-21-35(56-45(23-25)36(47)13-12-32(55-45)24-42(7,51)41(49)50)26(2)10-11-31-15-17-43(54-31)18-16-34-40(57-43)37(48)30(6)39(53-34)33(46)22-28(4)38-27(3)14-19-44(58-38)29(5)9-8-20-52-44/h10-11,23,26-29,31-40,46-48,51H,6,8-9,12-22,24H2,1-5,7H3,(H,49,50)/b11-10+/t26-,27-,28+,29-,31+,32+,33+,34-,35+,36-,37-,38?,39+,40?,42-,43-,44-,45-/m1/s1. The molecule has 0 amide bonds. The predicted molar refractivity (Wildman–Crippen MR) is 212 cm³/mol. The van der Waals surface area contributed by atoms with Crippen LogP contribution in [0.3, 0.4) is 0 Å². The van der Waals surface area contributed by atoms with Gasteiger partial charge in [-0.1, -0.05) is 52.0 Å². The van der Waals surface area contributed by atoms with Crippen LogP contribution in [-0.4, -0.2) is 122 Å². The second-order valence-electron chi connectivity index (χ2n) is 19.4. The van der Waals surface area contributed by atoms with Gasteiger partial charge in [-0.15, -0.1) is 0 Å². The molecular formula is C45H70O13. The Balaban J connectivity index is 0.922. The van der Waals surface area contributed by atoms with Crippen molar-refractivity contribution in [1.82, 2.24) is 0 Å². The van der Waals surface area contributed by atoms with Gasteiger partial charge in [0, 0.05) is 37.5 Å². The van der Waals surface area contributed by atoms with Gasteiger partial charge in [0.2, 0.25) is 5.79 Å². The highest BCUT2D eigenvalue weighted by Gasteiger charge is 2.55. The fourth-order valence-electron chi connectivity index (χ4n) is 10.9. The molecule has 13 heteroatoms. The SMILES string of the molecule is C=C1[C@@H](O)C2O[C@]3(CC[C@H](/C=C/[C@@H](C)[C@@H]4CC(C)=C[C@@]5(O[C@H](C[C@@](C)(O)C(=O)O)CC[C@H]5O)O4)O3)CC[C@H]2O[C@@H]1[C@@H](O)C[C@H](C)C1O[C@@]2(CC[C@H]1C)OCCC[C@H]2C. The van der Waals surface area contributed by atoms with E-state index in [2.05, 4.69) is 33.4 Å². The molecule has 6 fully saturated rings. The number of aliphatic hydroxyl groups is 4. The molecule has 7 aliphatic heterocycles. The molecule has 0 bridgehead atoms. The molecule has 6 saturated heterocycles. The van der Waals surface area contributed by atoms with Crippen LogP contribution in [0.5, 0.6) is 0 Å². The fraction of sp³-hybridized carbons (Fsp3) is 0.844. The Hall–Kier alpha value is -1.75. The molecule has 0 aliphatic carbocycles. The summed E-state index contributed by atoms with van der Waals surface area (Å²) >= 11 is 0. The zero-order chi connectivity index (χ0) is 41.8. The molecule has 18 atom stereocenters. The summed E-state index contributed by atoms with van der Waals surface area (Å²) in [5.74, 6) is -3.56. The van der Waals surface area contributed by atoms with E-state index in [1.54, 1.807) is 6.08 Å². The van der Waals surface area contributed by atoms with Crippen molar-refractivity contribution in [2.75, 3.05) is 6.61 Å². The summed E-state index contributed by atoms with van der Waals surface area (Å²) < 4.78 is 45.5. The van der Waals surface area contributed by atoms with Gasteiger partial charge in [0.05, 0.1) is 43.2 Å². The zero-order valence-corrected chi connectivity index (χ0v) is 35.4. The Morgan fingerprint density at radius 2 is 1.78 bits per heavy atom. The van der Waals surface area contributed by atoms with Crippen molar-refractivity contribution in [1.29, 1.82) is 0 Å². The number of hydrogen-bond donors (Lipinski definition) is 5. The molecule has 0 aromatic rings. The fourth-order valence-corrected chi connectivity index (χ4v) is 10.9. The van der Waals surface area contributed by atoms with Gasteiger partial charge in [-0.2, -0.15) is 0 Å². The summed E-state index contributed by atoms with van der Waals surface area (Å²) in [5.41, 5.74) is -0.554. The largest absolute Gasteiger partial charge is 0.479 e. The van der Waals surface area contributed by atoms with Crippen LogP contribution in [0.15, 0.2) is 36.0 Å². The van der Waals surface area contributed by atoms with Crippen molar-refractivity contribution < 1.29 is 63.5 Å². The average Bonchev–Trinajstić information content (AvgIpc) is 3.57. The summed E-state index contributed by atoms with van der Waals surface area (Å²) in [4.78, 5) is 11.6. The van der Waals surface area contributed by atoms with E-state index in [1.807, 2.05) is 19.9 Å². The third-order valence-corrected chi connectivity index (χ3v) is 14.5. The van der Waals surface area contributed by atoms with Crippen LogP contribution in [0.4, 0.5) is 0 Å². The number of hydrogen-bond acceptors (Lipinski definition) is 12. The Labute approximate surface area is 344 Å². The van der Waals surface area contributed by atoms with E-state index in [1.165, 1.54) is 6.92 Å². The van der Waals surface area contributed by atoms with Crippen LogP contribution < -0.4 is 0 Å². The van der Waals surface area contributed by atoms with Gasteiger partial charge >= 0.3 is 5.97 Å². The van der Waals surface area contributed by atoms with Crippen molar-refractivity contribution >= 4 is 5.97 Å². The minimum Gasteiger partial charge on any atom is -0.479 e. The number of carboxylic acids is 1. The number of aliphatic hydroxyl groups excluding tert-OH is 3. The van der Waals surface area contributed by atoms with Gasteiger partial charge in [-0.3, -0.25) is 0 Å². The van der Waals surface area contributed by atoms with Gasteiger partial charge in [0.1, 0.15) is 24.4 Å². The number of rotatable bonds is 10. The minimum absolute atomic E-state index is 0.0385. The van der Waals surface area contributed by atoms with Crippen LogP contribution in [-0.2, 0) is 38.0 Å². The van der Waals surface area contributed by atoms with Crippen LogP contribution >= 0.6 is 0 Å². The first kappa shape index (κ1) is 44.3. The molecule has 0 aromatic heterocycles. The molecule has 0 saturated carbocycles. The molecule has 5 N–H and O–H groups in total. The van der Waals surface area contributed by atoms with Gasteiger partial charge in [0.15, 0.2) is 17.2 Å². The number of carbonyl (C=O) groups is 1. The summed E-state index contributed by atoms with van der Waals surface area (Å²) in [6, 6.07) is 0. The van der Waals surface area contributed by atoms with E-state index in [4.69, 9.17) is 33.2 Å². The Morgan fingerprint density at radius 3 is 2.52 bits per heavy atom. The highest BCUT2D eigenvalue weighted by molar-refractivity contribution is 5.76. The van der Waals surface area contributed by atoms with Crippen molar-refractivity contribution in [3.05, 3.63) is 36.0 Å². The molecule has 328 valence electrons. The molecule has 0 radical (unpaired) electrons. The van der Waals surface area contributed by atoms with E-state index in [9.17, 15) is 30.3 Å². The van der Waals surface area contributed by atoms with Gasteiger partial charge in [0.25, 0.3) is 0 Å².